The minimum atomic E-state index is -0.0709. The Bertz CT molecular complexity index is 1380. The third-order valence-electron chi connectivity index (χ3n) is 6.10. The number of piperidine rings is 1. The van der Waals surface area contributed by atoms with Gasteiger partial charge < -0.3 is 20.1 Å². The third-order valence-corrected chi connectivity index (χ3v) is 7.08. The van der Waals surface area contributed by atoms with Crippen molar-refractivity contribution in [2.45, 2.75) is 25.5 Å². The second kappa shape index (κ2) is 9.75. The molecule has 1 atom stereocenters. The summed E-state index contributed by atoms with van der Waals surface area (Å²) in [7, 11) is 1.62. The molecule has 180 valence electrons. The lowest BCUT2D eigenvalue weighted by Gasteiger charge is -2.32. The minimum absolute atomic E-state index is 0.00786. The van der Waals surface area contributed by atoms with E-state index in [1.165, 1.54) is 12.4 Å². The zero-order chi connectivity index (χ0) is 24.4. The smallest absolute Gasteiger partial charge is 0.246 e. The van der Waals surface area contributed by atoms with Crippen molar-refractivity contribution in [1.29, 1.82) is 0 Å². The van der Waals surface area contributed by atoms with Gasteiger partial charge in [0.2, 0.25) is 5.91 Å². The number of benzene rings is 1. The third kappa shape index (κ3) is 4.44. The van der Waals surface area contributed by atoms with Crippen molar-refractivity contribution in [1.82, 2.24) is 24.6 Å². The number of rotatable bonds is 7. The predicted octanol–water partition coefficient (Wildman–Crippen LogP) is 4.07. The minimum Gasteiger partial charge on any atom is -0.493 e. The van der Waals surface area contributed by atoms with E-state index < -0.39 is 0 Å². The van der Waals surface area contributed by atoms with Gasteiger partial charge in [-0.15, -0.1) is 11.3 Å². The zero-order valence-corrected chi connectivity index (χ0v) is 20.2. The van der Waals surface area contributed by atoms with Gasteiger partial charge in [0.1, 0.15) is 24.4 Å². The molecule has 0 aliphatic carbocycles. The first kappa shape index (κ1) is 22.9. The number of methoxy groups -OCH3 is 1. The van der Waals surface area contributed by atoms with Crippen molar-refractivity contribution in [3.05, 3.63) is 60.3 Å². The monoisotopic (exact) mass is 490 g/mol. The lowest BCUT2D eigenvalue weighted by Crippen LogP contribution is -2.40. The summed E-state index contributed by atoms with van der Waals surface area (Å²) in [5, 5.41) is 7.71. The number of ether oxygens (including phenoxy) is 2. The summed E-state index contributed by atoms with van der Waals surface area (Å²) in [6.07, 6.45) is 4.58. The fraction of sp³-hybridized carbons (Fsp3) is 0.280. The van der Waals surface area contributed by atoms with E-state index in [0.717, 1.165) is 34.4 Å². The van der Waals surface area contributed by atoms with Gasteiger partial charge in [-0.25, -0.2) is 14.6 Å². The normalized spacial score (nSPS) is 15.8. The first-order valence-electron chi connectivity index (χ1n) is 11.3. The van der Waals surface area contributed by atoms with Crippen molar-refractivity contribution in [2.24, 2.45) is 0 Å². The number of nitrogens with two attached hydrogens (primary N) is 1. The van der Waals surface area contributed by atoms with Crippen molar-refractivity contribution < 1.29 is 14.3 Å². The van der Waals surface area contributed by atoms with Gasteiger partial charge in [0.25, 0.3) is 0 Å². The number of anilines is 1. The summed E-state index contributed by atoms with van der Waals surface area (Å²) in [4.78, 5) is 23.7. The van der Waals surface area contributed by atoms with Crippen LogP contribution in [-0.4, -0.2) is 50.8 Å². The Balaban J connectivity index is 1.45. The van der Waals surface area contributed by atoms with Crippen LogP contribution < -0.4 is 15.2 Å². The van der Waals surface area contributed by atoms with Gasteiger partial charge in [0.05, 0.1) is 23.4 Å². The second-order valence-corrected chi connectivity index (χ2v) is 9.21. The topological polar surface area (TPSA) is 108 Å². The maximum absolute atomic E-state index is 12.2. The molecule has 1 aliphatic rings. The predicted molar refractivity (Wildman–Crippen MR) is 135 cm³/mol. The highest BCUT2D eigenvalue weighted by Gasteiger charge is 2.28. The Morgan fingerprint density at radius 2 is 2.14 bits per heavy atom. The van der Waals surface area contributed by atoms with E-state index in [4.69, 9.17) is 20.3 Å². The summed E-state index contributed by atoms with van der Waals surface area (Å²) in [5.41, 5.74) is 8.71. The Hall–Kier alpha value is -3.92. The van der Waals surface area contributed by atoms with E-state index in [1.807, 2.05) is 40.4 Å². The average Bonchev–Trinajstić information content (AvgIpc) is 3.53. The number of amides is 1. The molecule has 4 heterocycles. The van der Waals surface area contributed by atoms with Crippen LogP contribution in [0.5, 0.6) is 11.5 Å². The SMILES string of the molecule is C=CC(=O)N1CCCC(n2nc(-c3cc(COc4ccccc4OC)cs3)c3c(N)ncnc32)C1. The molecule has 0 bridgehead atoms. The van der Waals surface area contributed by atoms with Gasteiger partial charge >= 0.3 is 0 Å². The van der Waals surface area contributed by atoms with Crippen LogP contribution in [0.2, 0.25) is 0 Å². The number of nitrogens with zero attached hydrogens (tertiary/aromatic N) is 5. The maximum atomic E-state index is 12.2. The Morgan fingerprint density at radius 3 is 2.94 bits per heavy atom. The molecule has 10 heteroatoms. The van der Waals surface area contributed by atoms with Crippen molar-refractivity contribution in [3.63, 3.8) is 0 Å². The highest BCUT2D eigenvalue weighted by Crippen LogP contribution is 2.37. The fourth-order valence-electron chi connectivity index (χ4n) is 4.38. The highest BCUT2D eigenvalue weighted by atomic mass is 32.1. The van der Waals surface area contributed by atoms with Crippen LogP contribution in [-0.2, 0) is 11.4 Å². The standard InChI is InChI=1S/C25H26N6O3S/c1-3-21(32)30-10-6-7-17(12-30)31-25-22(24(26)27-15-28-25)23(29-31)20-11-16(14-35-20)13-34-19-9-5-4-8-18(19)33-2/h3-5,8-9,11,14-15,17H,1,6-7,10,12-13H2,2H3,(H2,26,27,28). The zero-order valence-electron chi connectivity index (χ0n) is 19.4. The molecule has 1 saturated heterocycles. The fourth-order valence-corrected chi connectivity index (χ4v) is 5.27. The van der Waals surface area contributed by atoms with E-state index in [1.54, 1.807) is 23.3 Å². The molecule has 1 aromatic carbocycles. The Morgan fingerprint density at radius 1 is 1.31 bits per heavy atom. The highest BCUT2D eigenvalue weighted by molar-refractivity contribution is 7.13. The van der Waals surface area contributed by atoms with Crippen LogP contribution >= 0.6 is 11.3 Å². The van der Waals surface area contributed by atoms with Crippen LogP contribution in [0.15, 0.2) is 54.7 Å². The van der Waals surface area contributed by atoms with Gasteiger partial charge in [-0.2, -0.15) is 5.10 Å². The van der Waals surface area contributed by atoms with Crippen LogP contribution in [0.3, 0.4) is 0 Å². The van der Waals surface area contributed by atoms with Crippen molar-refractivity contribution >= 4 is 34.1 Å². The molecule has 1 aliphatic heterocycles. The van der Waals surface area contributed by atoms with E-state index in [-0.39, 0.29) is 11.9 Å². The number of para-hydroxylation sites is 2. The van der Waals surface area contributed by atoms with Crippen LogP contribution in [0.4, 0.5) is 5.82 Å². The second-order valence-electron chi connectivity index (χ2n) is 8.29. The molecule has 0 saturated carbocycles. The van der Waals surface area contributed by atoms with E-state index in [2.05, 4.69) is 16.5 Å². The molecule has 9 nitrogen and oxygen atoms in total. The number of likely N-dealkylation sites (tertiary alicyclic amines) is 1. The first-order chi connectivity index (χ1) is 17.1. The molecule has 2 N–H and O–H groups in total. The molecule has 35 heavy (non-hydrogen) atoms. The first-order valence-corrected chi connectivity index (χ1v) is 12.2. The number of fused-ring (bicyclic) bond motifs is 1. The van der Waals surface area contributed by atoms with Gasteiger partial charge in [0, 0.05) is 18.7 Å². The maximum Gasteiger partial charge on any atom is 0.246 e. The van der Waals surface area contributed by atoms with Crippen molar-refractivity contribution in [3.8, 4) is 22.1 Å². The van der Waals surface area contributed by atoms with E-state index >= 15 is 0 Å². The summed E-state index contributed by atoms with van der Waals surface area (Å²) < 4.78 is 13.2. The molecule has 1 amide bonds. The van der Waals surface area contributed by atoms with Crippen LogP contribution in [0.25, 0.3) is 21.6 Å². The number of aromatic nitrogens is 4. The number of carbonyl (C=O) groups excluding carboxylic acids is 1. The quantitative estimate of drug-likeness (QED) is 0.389. The molecule has 1 fully saturated rings. The molecule has 4 aromatic rings. The summed E-state index contributed by atoms with van der Waals surface area (Å²) >= 11 is 1.56. The lowest BCUT2D eigenvalue weighted by molar-refractivity contribution is -0.127. The number of hydrogen-bond donors (Lipinski definition) is 1. The largest absolute Gasteiger partial charge is 0.493 e. The molecule has 5 rings (SSSR count). The summed E-state index contributed by atoms with van der Waals surface area (Å²) in [5.74, 6) is 1.69. The number of carbonyl (C=O) groups is 1. The number of nitrogen functional groups attached to an aromatic ring is 1. The molecule has 0 spiro atoms. The van der Waals surface area contributed by atoms with Crippen molar-refractivity contribution in [2.75, 3.05) is 25.9 Å². The molecule has 0 radical (unpaired) electrons. The molecular formula is C25H26N6O3S. The Labute approximate surface area is 206 Å². The summed E-state index contributed by atoms with van der Waals surface area (Å²) in [6, 6.07) is 9.60. The summed E-state index contributed by atoms with van der Waals surface area (Å²) in [6.45, 7) is 5.27. The van der Waals surface area contributed by atoms with Gasteiger partial charge in [0.15, 0.2) is 17.1 Å². The van der Waals surface area contributed by atoms with Gasteiger partial charge in [-0.3, -0.25) is 4.79 Å². The van der Waals surface area contributed by atoms with E-state index in [0.29, 0.717) is 42.7 Å². The number of thiophene rings is 1. The van der Waals surface area contributed by atoms with Crippen LogP contribution in [0, 0.1) is 0 Å². The van der Waals surface area contributed by atoms with Gasteiger partial charge in [-0.1, -0.05) is 18.7 Å². The average molecular weight is 491 g/mol. The molecule has 3 aromatic heterocycles. The molecular weight excluding hydrogens is 464 g/mol. The number of hydrogen-bond acceptors (Lipinski definition) is 8. The van der Waals surface area contributed by atoms with Crippen LogP contribution in [0.1, 0.15) is 24.4 Å². The Kier molecular flexibility index (Phi) is 6.37. The molecule has 1 unspecified atom stereocenters. The van der Waals surface area contributed by atoms with E-state index in [9.17, 15) is 4.79 Å². The van der Waals surface area contributed by atoms with Gasteiger partial charge in [-0.05, 0) is 42.5 Å². The lowest BCUT2D eigenvalue weighted by atomic mass is 10.1.